The van der Waals surface area contributed by atoms with E-state index in [0.29, 0.717) is 5.75 Å². The number of ether oxygens (including phenoxy) is 1. The first-order chi connectivity index (χ1) is 8.19. The summed E-state index contributed by atoms with van der Waals surface area (Å²) in [6.07, 6.45) is 0. The monoisotopic (exact) mass is 227 g/mol. The van der Waals surface area contributed by atoms with Crippen LogP contribution in [0.1, 0.15) is 5.56 Å². The van der Waals surface area contributed by atoms with E-state index >= 15 is 0 Å². The first-order valence-electron chi connectivity index (χ1n) is 5.48. The molecule has 0 amide bonds. The van der Waals surface area contributed by atoms with Crippen molar-refractivity contribution in [3.63, 3.8) is 0 Å². The largest absolute Gasteiger partial charge is 0.508 e. The third-order valence-corrected chi connectivity index (χ3v) is 3.12. The first kappa shape index (κ1) is 10.0. The third kappa shape index (κ3) is 1.43. The molecule has 3 rings (SSSR count). The zero-order valence-electron chi connectivity index (χ0n) is 9.74. The van der Waals surface area contributed by atoms with Gasteiger partial charge in [0.05, 0.1) is 12.6 Å². The van der Waals surface area contributed by atoms with Gasteiger partial charge in [-0.15, -0.1) is 0 Å². The van der Waals surface area contributed by atoms with Crippen molar-refractivity contribution in [1.29, 1.82) is 0 Å². The molecule has 2 N–H and O–H groups in total. The maximum atomic E-state index is 9.70. The average molecular weight is 227 g/mol. The lowest BCUT2D eigenvalue weighted by Gasteiger charge is -2.00. The van der Waals surface area contributed by atoms with Crippen LogP contribution in [0.15, 0.2) is 30.3 Å². The summed E-state index contributed by atoms with van der Waals surface area (Å²) in [5.74, 6) is 1.15. The molecule has 86 valence electrons. The number of aryl methyl sites for hydroxylation is 1. The number of hydrogen-bond acceptors (Lipinski definition) is 2. The van der Waals surface area contributed by atoms with Gasteiger partial charge in [-0.3, -0.25) is 0 Å². The Kier molecular flexibility index (Phi) is 2.01. The van der Waals surface area contributed by atoms with Crippen molar-refractivity contribution in [3.05, 3.63) is 35.9 Å². The Bertz CT molecular complexity index is 713. The lowest BCUT2D eigenvalue weighted by molar-refractivity contribution is 0.415. The van der Waals surface area contributed by atoms with Gasteiger partial charge in [-0.1, -0.05) is 0 Å². The van der Waals surface area contributed by atoms with Crippen molar-refractivity contribution in [2.24, 2.45) is 0 Å². The van der Waals surface area contributed by atoms with Gasteiger partial charge in [0, 0.05) is 22.4 Å². The number of phenols is 1. The van der Waals surface area contributed by atoms with Gasteiger partial charge in [0.15, 0.2) is 0 Å². The van der Waals surface area contributed by atoms with Crippen LogP contribution in [0.25, 0.3) is 21.8 Å². The van der Waals surface area contributed by atoms with Crippen molar-refractivity contribution in [2.45, 2.75) is 6.92 Å². The van der Waals surface area contributed by atoms with Crippen LogP contribution in [0, 0.1) is 6.92 Å². The lowest BCUT2D eigenvalue weighted by atomic mass is 10.1. The molecule has 0 aliphatic heterocycles. The minimum absolute atomic E-state index is 0.316. The van der Waals surface area contributed by atoms with E-state index in [0.717, 1.165) is 33.1 Å². The summed E-state index contributed by atoms with van der Waals surface area (Å²) in [7, 11) is 1.66. The van der Waals surface area contributed by atoms with Gasteiger partial charge < -0.3 is 14.8 Å². The van der Waals surface area contributed by atoms with Crippen molar-refractivity contribution in [3.8, 4) is 11.5 Å². The number of methoxy groups -OCH3 is 1. The molecule has 0 saturated carbocycles. The fraction of sp³-hybridized carbons (Fsp3) is 0.143. The molecule has 3 aromatic rings. The van der Waals surface area contributed by atoms with Gasteiger partial charge in [0.25, 0.3) is 0 Å². The Balaban J connectivity index is 2.44. The Hall–Kier alpha value is -2.16. The zero-order chi connectivity index (χ0) is 12.0. The average Bonchev–Trinajstić information content (AvgIpc) is 2.67. The van der Waals surface area contributed by atoms with E-state index in [1.54, 1.807) is 13.2 Å². The smallest absolute Gasteiger partial charge is 0.120 e. The molecule has 17 heavy (non-hydrogen) atoms. The van der Waals surface area contributed by atoms with Crippen LogP contribution in [-0.4, -0.2) is 17.2 Å². The lowest BCUT2D eigenvalue weighted by Crippen LogP contribution is -1.80. The van der Waals surface area contributed by atoms with Crippen molar-refractivity contribution in [1.82, 2.24) is 4.98 Å². The molecule has 0 spiro atoms. The molecule has 1 aromatic heterocycles. The maximum absolute atomic E-state index is 9.70. The second-order valence-electron chi connectivity index (χ2n) is 4.22. The zero-order valence-corrected chi connectivity index (χ0v) is 9.74. The topological polar surface area (TPSA) is 45.2 Å². The van der Waals surface area contributed by atoms with Crippen LogP contribution in [0.2, 0.25) is 0 Å². The first-order valence-corrected chi connectivity index (χ1v) is 5.48. The Morgan fingerprint density at radius 1 is 1.06 bits per heavy atom. The maximum Gasteiger partial charge on any atom is 0.120 e. The molecule has 0 unspecified atom stereocenters. The van der Waals surface area contributed by atoms with E-state index in [-0.39, 0.29) is 0 Å². The summed E-state index contributed by atoms with van der Waals surface area (Å²) in [6.45, 7) is 1.90. The molecule has 0 radical (unpaired) electrons. The van der Waals surface area contributed by atoms with Crippen LogP contribution < -0.4 is 4.74 Å². The van der Waals surface area contributed by atoms with Crippen LogP contribution in [0.5, 0.6) is 11.5 Å². The van der Waals surface area contributed by atoms with Crippen LogP contribution in [0.4, 0.5) is 0 Å². The molecule has 3 heteroatoms. The summed E-state index contributed by atoms with van der Waals surface area (Å²) < 4.78 is 5.23. The second-order valence-corrected chi connectivity index (χ2v) is 4.22. The number of nitrogens with one attached hydrogen (secondary N) is 1. The van der Waals surface area contributed by atoms with E-state index in [1.807, 2.05) is 31.2 Å². The molecule has 0 atom stereocenters. The number of benzene rings is 2. The van der Waals surface area contributed by atoms with Crippen LogP contribution in [0.3, 0.4) is 0 Å². The highest BCUT2D eigenvalue weighted by Gasteiger charge is 2.07. The summed E-state index contributed by atoms with van der Waals surface area (Å²) in [4.78, 5) is 3.28. The highest BCUT2D eigenvalue weighted by Crippen LogP contribution is 2.32. The van der Waals surface area contributed by atoms with Gasteiger partial charge in [-0.05, 0) is 36.8 Å². The number of fused-ring (bicyclic) bond motifs is 3. The highest BCUT2D eigenvalue weighted by atomic mass is 16.5. The number of aromatic nitrogens is 1. The van der Waals surface area contributed by atoms with E-state index in [4.69, 9.17) is 4.74 Å². The SMILES string of the molecule is COc1ccc2[nH]c3cc(O)c(C)cc3c2c1. The van der Waals surface area contributed by atoms with Crippen molar-refractivity contribution >= 4 is 21.8 Å². The molecular weight excluding hydrogens is 214 g/mol. The van der Waals surface area contributed by atoms with E-state index in [1.165, 1.54) is 0 Å². The highest BCUT2D eigenvalue weighted by molar-refractivity contribution is 6.08. The summed E-state index contributed by atoms with van der Waals surface area (Å²) in [5.41, 5.74) is 2.86. The minimum Gasteiger partial charge on any atom is -0.508 e. The van der Waals surface area contributed by atoms with Crippen LogP contribution in [-0.2, 0) is 0 Å². The molecule has 0 aliphatic carbocycles. The minimum atomic E-state index is 0.316. The van der Waals surface area contributed by atoms with Gasteiger partial charge in [0.1, 0.15) is 11.5 Å². The quantitative estimate of drug-likeness (QED) is 0.669. The van der Waals surface area contributed by atoms with Crippen molar-refractivity contribution in [2.75, 3.05) is 7.11 Å². The number of H-pyrrole nitrogens is 1. The Labute approximate surface area is 98.6 Å². The number of phenolic OH excluding ortho intramolecular Hbond substituents is 1. The predicted molar refractivity (Wildman–Crippen MR) is 68.8 cm³/mol. The van der Waals surface area contributed by atoms with Gasteiger partial charge in [-0.2, -0.15) is 0 Å². The Morgan fingerprint density at radius 2 is 1.82 bits per heavy atom. The fourth-order valence-corrected chi connectivity index (χ4v) is 2.15. The standard InChI is InChI=1S/C14H13NO2/c1-8-5-10-11-6-9(17-2)3-4-12(11)15-13(10)7-14(8)16/h3-7,15-16H,1-2H3. The summed E-state index contributed by atoms with van der Waals surface area (Å²) in [6, 6.07) is 9.66. The number of rotatable bonds is 1. The van der Waals surface area contributed by atoms with Crippen molar-refractivity contribution < 1.29 is 9.84 Å². The molecular formula is C14H13NO2. The number of hydrogen-bond donors (Lipinski definition) is 2. The third-order valence-electron chi connectivity index (χ3n) is 3.12. The summed E-state index contributed by atoms with van der Waals surface area (Å²) >= 11 is 0. The summed E-state index contributed by atoms with van der Waals surface area (Å²) in [5, 5.41) is 11.9. The molecule has 1 heterocycles. The molecule has 0 bridgehead atoms. The fourth-order valence-electron chi connectivity index (χ4n) is 2.15. The van der Waals surface area contributed by atoms with E-state index in [9.17, 15) is 5.11 Å². The number of aromatic amines is 1. The van der Waals surface area contributed by atoms with Gasteiger partial charge in [-0.25, -0.2) is 0 Å². The molecule has 0 fully saturated rings. The molecule has 0 aliphatic rings. The predicted octanol–water partition coefficient (Wildman–Crippen LogP) is 3.34. The molecule has 3 nitrogen and oxygen atoms in total. The Morgan fingerprint density at radius 3 is 2.59 bits per heavy atom. The van der Waals surface area contributed by atoms with Gasteiger partial charge >= 0.3 is 0 Å². The number of aromatic hydroxyl groups is 1. The van der Waals surface area contributed by atoms with Crippen LogP contribution >= 0.6 is 0 Å². The molecule has 0 saturated heterocycles. The second kappa shape index (κ2) is 3.42. The molecule has 2 aromatic carbocycles. The van der Waals surface area contributed by atoms with Gasteiger partial charge in [0.2, 0.25) is 0 Å². The normalized spacial score (nSPS) is 11.2. The van der Waals surface area contributed by atoms with E-state index in [2.05, 4.69) is 4.98 Å². The van der Waals surface area contributed by atoms with E-state index < -0.39 is 0 Å².